The van der Waals surface area contributed by atoms with Gasteiger partial charge in [-0.1, -0.05) is 13.3 Å². The molecule has 2 aliphatic rings. The largest absolute Gasteiger partial charge is 0.493 e. The summed E-state index contributed by atoms with van der Waals surface area (Å²) in [5.74, 6) is 3.81. The van der Waals surface area contributed by atoms with Crippen molar-refractivity contribution in [2.45, 2.75) is 58.5 Å². The molecule has 2 saturated carbocycles. The molecular formula is C17H29N3O. The Balaban J connectivity index is 1.79. The highest BCUT2D eigenvalue weighted by atomic mass is 16.5. The molecule has 4 unspecified atom stereocenters. The monoisotopic (exact) mass is 291 g/mol. The summed E-state index contributed by atoms with van der Waals surface area (Å²) in [5.41, 5.74) is 1.24. The Kier molecular flexibility index (Phi) is 4.53. The smallest absolute Gasteiger partial charge is 0.161 e. The zero-order chi connectivity index (χ0) is 14.8. The van der Waals surface area contributed by atoms with Gasteiger partial charge >= 0.3 is 0 Å². The Morgan fingerprint density at radius 2 is 2.24 bits per heavy atom. The molecule has 4 nitrogen and oxygen atoms in total. The molecule has 4 heteroatoms. The molecule has 0 saturated heterocycles. The molecule has 1 aromatic heterocycles. The average Bonchev–Trinajstić information content (AvgIpc) is 3.20. The maximum atomic E-state index is 5.56. The molecule has 0 aliphatic heterocycles. The van der Waals surface area contributed by atoms with Gasteiger partial charge < -0.3 is 10.1 Å². The van der Waals surface area contributed by atoms with Gasteiger partial charge in [0, 0.05) is 6.54 Å². The van der Waals surface area contributed by atoms with E-state index in [1.165, 1.54) is 37.8 Å². The lowest BCUT2D eigenvalue weighted by Gasteiger charge is -2.28. The van der Waals surface area contributed by atoms with Crippen LogP contribution in [0.4, 0.5) is 0 Å². The quantitative estimate of drug-likeness (QED) is 0.837. The molecule has 2 bridgehead atoms. The lowest BCUT2D eigenvalue weighted by molar-refractivity contribution is 0.271. The van der Waals surface area contributed by atoms with Gasteiger partial charge in [-0.2, -0.15) is 5.10 Å². The maximum Gasteiger partial charge on any atom is 0.161 e. The number of aryl methyl sites for hydroxylation is 1. The third kappa shape index (κ3) is 2.83. The molecule has 1 aromatic rings. The number of nitrogens with one attached hydrogen (secondary N) is 1. The van der Waals surface area contributed by atoms with E-state index >= 15 is 0 Å². The first-order valence-corrected chi connectivity index (χ1v) is 8.59. The number of nitrogens with zero attached hydrogens (tertiary/aromatic N) is 2. The molecule has 3 rings (SSSR count). The number of ether oxygens (including phenoxy) is 1. The Morgan fingerprint density at radius 3 is 2.81 bits per heavy atom. The lowest BCUT2D eigenvalue weighted by Crippen LogP contribution is -2.28. The zero-order valence-corrected chi connectivity index (χ0v) is 13.6. The number of hydrogen-bond acceptors (Lipinski definition) is 3. The fourth-order valence-corrected chi connectivity index (χ4v) is 4.64. The second-order valence-electron chi connectivity index (χ2n) is 6.69. The molecule has 21 heavy (non-hydrogen) atoms. The SMILES string of the molecule is CCNC(CC1CC2CCC1C2)c1c(OC)cnn1CC. The molecule has 2 aliphatic carbocycles. The van der Waals surface area contributed by atoms with E-state index in [4.69, 9.17) is 4.74 Å². The van der Waals surface area contributed by atoms with Crippen LogP contribution in [0.25, 0.3) is 0 Å². The first-order chi connectivity index (χ1) is 10.3. The van der Waals surface area contributed by atoms with Crippen molar-refractivity contribution in [3.05, 3.63) is 11.9 Å². The Labute approximate surface area is 128 Å². The molecule has 0 amide bonds. The molecular weight excluding hydrogens is 262 g/mol. The van der Waals surface area contributed by atoms with Gasteiger partial charge in [-0.05, 0) is 56.9 Å². The summed E-state index contributed by atoms with van der Waals surface area (Å²) in [6, 6.07) is 0.372. The topological polar surface area (TPSA) is 39.1 Å². The summed E-state index contributed by atoms with van der Waals surface area (Å²) in [4.78, 5) is 0. The molecule has 2 fully saturated rings. The van der Waals surface area contributed by atoms with E-state index in [1.54, 1.807) is 7.11 Å². The van der Waals surface area contributed by atoms with Gasteiger partial charge in [-0.15, -0.1) is 0 Å². The molecule has 118 valence electrons. The predicted molar refractivity (Wildman–Crippen MR) is 84.4 cm³/mol. The fourth-order valence-electron chi connectivity index (χ4n) is 4.64. The highest BCUT2D eigenvalue weighted by molar-refractivity contribution is 5.28. The van der Waals surface area contributed by atoms with Crippen LogP contribution in [0.3, 0.4) is 0 Å². The average molecular weight is 291 g/mol. The maximum absolute atomic E-state index is 5.56. The molecule has 1 heterocycles. The van der Waals surface area contributed by atoms with Crippen LogP contribution in [0.15, 0.2) is 6.20 Å². The second-order valence-corrected chi connectivity index (χ2v) is 6.69. The summed E-state index contributed by atoms with van der Waals surface area (Å²) in [6.45, 7) is 6.23. The number of fused-ring (bicyclic) bond motifs is 2. The highest BCUT2D eigenvalue weighted by Crippen LogP contribution is 2.51. The minimum Gasteiger partial charge on any atom is -0.493 e. The van der Waals surface area contributed by atoms with Gasteiger partial charge in [0.1, 0.15) is 0 Å². The Morgan fingerprint density at radius 1 is 1.38 bits per heavy atom. The van der Waals surface area contributed by atoms with Crippen molar-refractivity contribution in [2.75, 3.05) is 13.7 Å². The Hall–Kier alpha value is -1.03. The minimum absolute atomic E-state index is 0.372. The summed E-state index contributed by atoms with van der Waals surface area (Å²) in [7, 11) is 1.75. The first kappa shape index (κ1) is 14.9. The van der Waals surface area contributed by atoms with Gasteiger partial charge in [0.05, 0.1) is 25.0 Å². The van der Waals surface area contributed by atoms with Gasteiger partial charge in [-0.25, -0.2) is 0 Å². The molecule has 0 spiro atoms. The van der Waals surface area contributed by atoms with Crippen molar-refractivity contribution in [2.24, 2.45) is 17.8 Å². The van der Waals surface area contributed by atoms with Crippen molar-refractivity contribution in [1.82, 2.24) is 15.1 Å². The van der Waals surface area contributed by atoms with E-state index < -0.39 is 0 Å². The normalized spacial score (nSPS) is 29.0. The van der Waals surface area contributed by atoms with Crippen LogP contribution in [0.5, 0.6) is 5.75 Å². The predicted octanol–water partition coefficient (Wildman–Crippen LogP) is 3.39. The van der Waals surface area contributed by atoms with Crippen LogP contribution in [-0.4, -0.2) is 23.4 Å². The molecule has 4 atom stereocenters. The van der Waals surface area contributed by atoms with E-state index in [2.05, 4.69) is 28.9 Å². The zero-order valence-electron chi connectivity index (χ0n) is 13.6. The van der Waals surface area contributed by atoms with Gasteiger partial charge in [-0.3, -0.25) is 4.68 Å². The Bertz CT molecular complexity index is 449. The van der Waals surface area contributed by atoms with Crippen molar-refractivity contribution >= 4 is 0 Å². The second kappa shape index (κ2) is 6.39. The van der Waals surface area contributed by atoms with Crippen molar-refractivity contribution in [1.29, 1.82) is 0 Å². The van der Waals surface area contributed by atoms with E-state index in [0.717, 1.165) is 36.6 Å². The van der Waals surface area contributed by atoms with Gasteiger partial charge in [0.2, 0.25) is 0 Å². The summed E-state index contributed by atoms with van der Waals surface area (Å²) < 4.78 is 7.65. The van der Waals surface area contributed by atoms with E-state index in [-0.39, 0.29) is 0 Å². The fraction of sp³-hybridized carbons (Fsp3) is 0.824. The standard InChI is InChI=1S/C17H29N3O/c1-4-18-15(10-14-9-12-6-7-13(14)8-12)17-16(21-3)11-19-20(17)5-2/h11-15,18H,4-10H2,1-3H3. The van der Waals surface area contributed by atoms with Crippen molar-refractivity contribution < 1.29 is 4.74 Å². The highest BCUT2D eigenvalue weighted by Gasteiger charge is 2.40. The summed E-state index contributed by atoms with van der Waals surface area (Å²) in [5, 5.41) is 8.16. The van der Waals surface area contributed by atoms with Crippen LogP contribution in [0.2, 0.25) is 0 Å². The van der Waals surface area contributed by atoms with Crippen LogP contribution in [0, 0.1) is 17.8 Å². The van der Waals surface area contributed by atoms with Gasteiger partial charge in [0.25, 0.3) is 0 Å². The lowest BCUT2D eigenvalue weighted by atomic mass is 9.83. The molecule has 0 aromatic carbocycles. The third-order valence-electron chi connectivity index (χ3n) is 5.57. The van der Waals surface area contributed by atoms with Crippen LogP contribution >= 0.6 is 0 Å². The van der Waals surface area contributed by atoms with Crippen LogP contribution in [0.1, 0.15) is 57.7 Å². The number of aromatic nitrogens is 2. The minimum atomic E-state index is 0.372. The van der Waals surface area contributed by atoms with Crippen molar-refractivity contribution in [3.8, 4) is 5.75 Å². The molecule has 1 N–H and O–H groups in total. The number of hydrogen-bond donors (Lipinski definition) is 1. The van der Waals surface area contributed by atoms with E-state index in [9.17, 15) is 0 Å². The van der Waals surface area contributed by atoms with Crippen molar-refractivity contribution in [3.63, 3.8) is 0 Å². The van der Waals surface area contributed by atoms with E-state index in [0.29, 0.717) is 6.04 Å². The first-order valence-electron chi connectivity index (χ1n) is 8.59. The molecule has 0 radical (unpaired) electrons. The van der Waals surface area contributed by atoms with Crippen LogP contribution < -0.4 is 10.1 Å². The van der Waals surface area contributed by atoms with Crippen LogP contribution in [-0.2, 0) is 6.54 Å². The third-order valence-corrected chi connectivity index (χ3v) is 5.57. The number of methoxy groups -OCH3 is 1. The van der Waals surface area contributed by atoms with E-state index in [1.807, 2.05) is 6.20 Å². The summed E-state index contributed by atoms with van der Waals surface area (Å²) in [6.07, 6.45) is 8.95. The van der Waals surface area contributed by atoms with Gasteiger partial charge in [0.15, 0.2) is 5.75 Å². The number of rotatable bonds is 7. The summed E-state index contributed by atoms with van der Waals surface area (Å²) >= 11 is 0.